The summed E-state index contributed by atoms with van der Waals surface area (Å²) in [4.78, 5) is 197. The molecule has 11 amide bonds. The van der Waals surface area contributed by atoms with Crippen LogP contribution in [0.2, 0.25) is 0 Å². The molecule has 4 aromatic carbocycles. The maximum absolute atomic E-state index is 15.6. The topological polar surface area (TPSA) is 326 Å². The number of ketones is 1. The number of Topliss-reactive ketones (excluding diaryl/α,β-unsaturated/α-hetero) is 1. The number of carbonyl (C=O) groups excluding carboxylic acids is 13. The fraction of sp³-hybridized carbons (Fsp3) is 0.486. The van der Waals surface area contributed by atoms with E-state index < -0.39 is 151 Å². The van der Waals surface area contributed by atoms with Gasteiger partial charge in [-0.1, -0.05) is 121 Å². The smallest absolute Gasteiger partial charge is 0.329 e. The maximum Gasteiger partial charge on any atom is 0.329 e. The van der Waals surface area contributed by atoms with Gasteiger partial charge in [0.05, 0.1) is 58.6 Å². The average molecular weight is 1370 g/mol. The molecule has 8 rings (SSSR count). The molecule has 0 aromatic heterocycles. The number of hydrogen-bond acceptors (Lipinski definition) is 18. The van der Waals surface area contributed by atoms with Crippen molar-refractivity contribution in [3.63, 3.8) is 0 Å². The second-order valence-corrected chi connectivity index (χ2v) is 26.0. The van der Waals surface area contributed by atoms with Gasteiger partial charge in [-0.15, -0.1) is 0 Å². The summed E-state index contributed by atoms with van der Waals surface area (Å²) >= 11 is 0. The van der Waals surface area contributed by atoms with E-state index >= 15 is 28.8 Å². The lowest BCUT2D eigenvalue weighted by Gasteiger charge is -2.36. The van der Waals surface area contributed by atoms with Gasteiger partial charge in [0.1, 0.15) is 42.1 Å². The Morgan fingerprint density at radius 3 is 1.45 bits per heavy atom. The van der Waals surface area contributed by atoms with E-state index in [0.29, 0.717) is 71.2 Å². The molecule has 0 spiro atoms. The molecule has 0 radical (unpaired) electrons. The van der Waals surface area contributed by atoms with Crippen molar-refractivity contribution >= 4 is 77.4 Å². The van der Waals surface area contributed by atoms with Crippen LogP contribution in [0.4, 0.5) is 9.59 Å². The first kappa shape index (κ1) is 75.0. The third-order valence-electron chi connectivity index (χ3n) is 17.8. The number of urea groups is 2. The lowest BCUT2D eigenvalue weighted by Crippen LogP contribution is -2.62. The first-order valence-corrected chi connectivity index (χ1v) is 33.6. The lowest BCUT2D eigenvalue weighted by molar-refractivity contribution is -0.160. The number of morpholine rings is 2. The Morgan fingerprint density at radius 1 is 0.556 bits per heavy atom. The predicted octanol–water partition coefficient (Wildman–Crippen LogP) is 2.59. The Morgan fingerprint density at radius 2 is 0.990 bits per heavy atom. The molecular weight excluding hydrogens is 1280 g/mol. The Balaban J connectivity index is 1.13. The van der Waals surface area contributed by atoms with E-state index in [1.54, 1.807) is 142 Å². The van der Waals surface area contributed by atoms with Crippen molar-refractivity contribution in [2.75, 3.05) is 99.0 Å². The molecule has 3 unspecified atom stereocenters. The van der Waals surface area contributed by atoms with Crippen LogP contribution in [0.25, 0.3) is 0 Å². The molecule has 27 nitrogen and oxygen atoms in total. The minimum atomic E-state index is -2.02. The monoisotopic (exact) mass is 1370 g/mol. The zero-order valence-corrected chi connectivity index (χ0v) is 56.6. The molecule has 4 aromatic rings. The zero-order chi connectivity index (χ0) is 71.1. The van der Waals surface area contributed by atoms with Crippen molar-refractivity contribution in [3.05, 3.63) is 144 Å². The highest BCUT2D eigenvalue weighted by molar-refractivity contribution is 6.07. The van der Waals surface area contributed by atoms with Crippen LogP contribution in [-0.4, -0.2) is 242 Å². The van der Waals surface area contributed by atoms with Crippen LogP contribution in [0.3, 0.4) is 0 Å². The second kappa shape index (κ2) is 36.2. The maximum atomic E-state index is 15.6. The van der Waals surface area contributed by atoms with Gasteiger partial charge in [-0.05, 0) is 75.1 Å². The molecule has 0 aliphatic carbocycles. The minimum absolute atomic E-state index is 0.00704. The number of amides is 11. The highest BCUT2D eigenvalue weighted by atomic mass is 16.6. The van der Waals surface area contributed by atoms with Crippen LogP contribution in [0.1, 0.15) is 81.5 Å². The molecule has 4 saturated heterocycles. The number of carbonyl (C=O) groups is 13. The number of hydrogen-bond donors (Lipinski definition) is 4. The highest BCUT2D eigenvalue weighted by Gasteiger charge is 2.48. The van der Waals surface area contributed by atoms with E-state index in [0.717, 1.165) is 16.9 Å². The van der Waals surface area contributed by atoms with Crippen molar-refractivity contribution in [2.24, 2.45) is 5.41 Å². The van der Waals surface area contributed by atoms with Crippen molar-refractivity contribution in [3.8, 4) is 0 Å². The number of esters is 2. The predicted molar refractivity (Wildman–Crippen MR) is 358 cm³/mol. The van der Waals surface area contributed by atoms with E-state index in [1.165, 1.54) is 4.90 Å². The molecule has 99 heavy (non-hydrogen) atoms. The molecule has 4 heterocycles. The van der Waals surface area contributed by atoms with Crippen LogP contribution >= 0.6 is 0 Å². The molecular formula is C72H90N10O17. The van der Waals surface area contributed by atoms with Crippen LogP contribution in [0.15, 0.2) is 121 Å². The van der Waals surface area contributed by atoms with Gasteiger partial charge in [-0.3, -0.25) is 43.3 Å². The van der Waals surface area contributed by atoms with Gasteiger partial charge in [0.25, 0.3) is 11.8 Å². The summed E-state index contributed by atoms with van der Waals surface area (Å²) in [7, 11) is 1.13. The summed E-state index contributed by atoms with van der Waals surface area (Å²) in [5.41, 5.74) is -1.05. The second-order valence-electron chi connectivity index (χ2n) is 26.0. The Labute approximate surface area is 575 Å². The molecule has 0 bridgehead atoms. The van der Waals surface area contributed by atoms with Gasteiger partial charge < -0.3 is 59.7 Å². The fourth-order valence-corrected chi connectivity index (χ4v) is 12.5. The third kappa shape index (κ3) is 21.1. The number of methoxy groups -OCH3 is 1. The van der Waals surface area contributed by atoms with Crippen LogP contribution < -0.4 is 21.3 Å². The number of nitrogens with zero attached hydrogens (tertiary/aromatic N) is 6. The fourth-order valence-electron chi connectivity index (χ4n) is 12.5. The molecule has 4 aliphatic rings. The number of benzene rings is 4. The van der Waals surface area contributed by atoms with Crippen molar-refractivity contribution in [1.82, 2.24) is 50.7 Å². The van der Waals surface area contributed by atoms with Crippen molar-refractivity contribution < 1.29 is 81.3 Å². The van der Waals surface area contributed by atoms with E-state index in [9.17, 15) is 33.6 Å². The highest BCUT2D eigenvalue weighted by Crippen LogP contribution is 2.30. The van der Waals surface area contributed by atoms with Crippen molar-refractivity contribution in [2.45, 2.75) is 121 Å². The third-order valence-corrected chi connectivity index (χ3v) is 17.8. The summed E-state index contributed by atoms with van der Waals surface area (Å²) < 4.78 is 21.7. The molecule has 4 N–H and O–H groups in total. The summed E-state index contributed by atoms with van der Waals surface area (Å²) in [5.74, 6) is -8.90. The van der Waals surface area contributed by atoms with Crippen molar-refractivity contribution in [1.29, 1.82) is 0 Å². The Kier molecular flexibility index (Phi) is 27.4. The number of ether oxygens (including phenoxy) is 4. The number of nitrogens with one attached hydrogen (secondary N) is 4. The SMILES string of the molecule is COC(=O)C1CCCN1C(=O)N(C(=O)CNC(=O)[C@H](Cc1ccccc1)NC(=O)CCN1CCOCC1)[C@@H](Cc1ccccc1)C(=O)NCC(=O)N(C(=O)N1CCCC1C(=O)OC(C)(C)C)[C@@H](Cc1ccccc1)C(=O)NCC(=O)C(C=O)(CC(=O)N1CCOCC1)Cc1ccccc1. The number of aldehydes is 1. The number of imide groups is 2. The van der Waals surface area contributed by atoms with Gasteiger partial charge in [-0.2, -0.15) is 0 Å². The van der Waals surface area contributed by atoms with E-state index in [4.69, 9.17) is 18.9 Å². The molecule has 27 heteroatoms. The molecule has 6 atom stereocenters. The Hall–Kier alpha value is -9.73. The standard InChI is InChI=1S/C72H90N10O17/c1-71(2,3)99-68(93)56-28-18-31-80(56)70(95)81(57(42-51-21-11-6-12-22-51)65(90)73-46-59(84)72(49-83,44-53-25-15-8-16-26-53)45-61(86)78-35-39-98-40-36-78)63(88)48-75-66(91)58(43-52-23-13-7-14-24-52)82(69(94)79-30-17-27-55(79)67(92)96-4)62(87)47-74-64(89)54(41-50-19-9-5-10-20-50)76-60(85)29-32-77-33-37-97-38-34-77/h5-16,19-26,49,54-58H,17-18,27-48H2,1-4H3,(H,73,90)(H,74,89)(H,75,91)(H,76,85)/t54-,55?,56?,57-,58-,72?/m0/s1. The first-order valence-electron chi connectivity index (χ1n) is 33.6. The summed E-state index contributed by atoms with van der Waals surface area (Å²) in [5, 5.41) is 10.5. The Bertz CT molecular complexity index is 3480. The van der Waals surface area contributed by atoms with E-state index in [-0.39, 0.29) is 84.3 Å². The molecule has 4 fully saturated rings. The van der Waals surface area contributed by atoms with Crippen LogP contribution in [0, 0.1) is 5.41 Å². The zero-order valence-electron chi connectivity index (χ0n) is 56.6. The normalized spacial score (nSPS) is 17.8. The first-order chi connectivity index (χ1) is 47.6. The van der Waals surface area contributed by atoms with Gasteiger partial charge in [-0.25, -0.2) is 29.0 Å². The van der Waals surface area contributed by atoms with Gasteiger partial charge in [0.2, 0.25) is 29.5 Å². The lowest BCUT2D eigenvalue weighted by atomic mass is 9.75. The molecule has 0 saturated carbocycles. The summed E-state index contributed by atoms with van der Waals surface area (Å²) in [6, 6.07) is 23.9. The molecule has 4 aliphatic heterocycles. The summed E-state index contributed by atoms with van der Waals surface area (Å²) in [6.07, 6.45) is -0.482. The van der Waals surface area contributed by atoms with Gasteiger partial charge >= 0.3 is 24.0 Å². The summed E-state index contributed by atoms with van der Waals surface area (Å²) in [6.45, 7) is 5.31. The minimum Gasteiger partial charge on any atom is -0.467 e. The van der Waals surface area contributed by atoms with E-state index in [2.05, 4.69) is 26.2 Å². The quantitative estimate of drug-likeness (QED) is 0.0345. The van der Waals surface area contributed by atoms with E-state index in [1.807, 2.05) is 0 Å². The van der Waals surface area contributed by atoms with Gasteiger partial charge in [0.15, 0.2) is 5.78 Å². The van der Waals surface area contributed by atoms with Crippen LogP contribution in [0.5, 0.6) is 0 Å². The largest absolute Gasteiger partial charge is 0.467 e. The van der Waals surface area contributed by atoms with Crippen LogP contribution in [-0.2, 0) is 97.4 Å². The molecule has 530 valence electrons. The average Bonchev–Trinajstić information content (AvgIpc) is 1.79. The number of likely N-dealkylation sites (tertiary alicyclic amines) is 2. The van der Waals surface area contributed by atoms with Gasteiger partial charge in [0, 0.05) is 77.9 Å². The number of rotatable bonds is 29.